The van der Waals surface area contributed by atoms with E-state index in [0.717, 1.165) is 5.56 Å². The number of hydrogen-bond donors (Lipinski definition) is 3. The molecule has 2 aromatic heterocycles. The third-order valence-corrected chi connectivity index (χ3v) is 2.99. The third-order valence-electron chi connectivity index (χ3n) is 2.99. The summed E-state index contributed by atoms with van der Waals surface area (Å²) in [6.07, 6.45) is -0.438. The molecular weight excluding hydrogens is 260 g/mol. The molecule has 1 atom stereocenters. The van der Waals surface area contributed by atoms with E-state index in [1.54, 1.807) is 7.11 Å². The van der Waals surface area contributed by atoms with Crippen LogP contribution in [0.25, 0.3) is 11.2 Å². The minimum Gasteiger partial charge on any atom is -0.369 e. The van der Waals surface area contributed by atoms with Crippen molar-refractivity contribution in [1.29, 1.82) is 0 Å². The molecule has 0 radical (unpaired) electrons. The Kier molecular flexibility index (Phi) is 2.96. The summed E-state index contributed by atoms with van der Waals surface area (Å²) in [5.41, 5.74) is 0.233. The Balaban J connectivity index is 2.16. The highest BCUT2D eigenvalue weighted by Gasteiger charge is 2.18. The molecule has 0 bridgehead atoms. The molecule has 0 amide bonds. The van der Waals surface area contributed by atoms with Gasteiger partial charge in [-0.15, -0.1) is 0 Å². The maximum atomic E-state index is 11.7. The first-order valence-electron chi connectivity index (χ1n) is 5.99. The van der Waals surface area contributed by atoms with Crippen LogP contribution >= 0.6 is 0 Å². The lowest BCUT2D eigenvalue weighted by molar-refractivity contribution is 0.130. The van der Waals surface area contributed by atoms with E-state index in [9.17, 15) is 9.59 Å². The standard InChI is InChI=1S/C13H12N4O3/c1-20-9(7-5-3-2-4-6-7)11-14-8-10(15-11)16-13(19)17-12(8)18/h2-6,9H,1H3,(H3,14,15,16,17,18,19). The van der Waals surface area contributed by atoms with Gasteiger partial charge in [0.25, 0.3) is 5.56 Å². The number of benzene rings is 1. The van der Waals surface area contributed by atoms with E-state index in [-0.39, 0.29) is 11.2 Å². The van der Waals surface area contributed by atoms with Gasteiger partial charge in [-0.1, -0.05) is 30.3 Å². The van der Waals surface area contributed by atoms with Crippen LogP contribution in [-0.2, 0) is 4.74 Å². The van der Waals surface area contributed by atoms with Crippen LogP contribution in [0.2, 0.25) is 0 Å². The van der Waals surface area contributed by atoms with Gasteiger partial charge in [0.15, 0.2) is 5.65 Å². The predicted molar refractivity (Wildman–Crippen MR) is 72.6 cm³/mol. The van der Waals surface area contributed by atoms with Gasteiger partial charge in [-0.2, -0.15) is 0 Å². The highest BCUT2D eigenvalue weighted by atomic mass is 16.5. The average molecular weight is 272 g/mol. The molecular formula is C13H12N4O3. The lowest BCUT2D eigenvalue weighted by Crippen LogP contribution is -2.21. The highest BCUT2D eigenvalue weighted by Crippen LogP contribution is 2.23. The number of nitrogens with zero attached hydrogens (tertiary/aromatic N) is 1. The van der Waals surface area contributed by atoms with Gasteiger partial charge in [0.2, 0.25) is 0 Å². The van der Waals surface area contributed by atoms with Crippen molar-refractivity contribution in [3.05, 3.63) is 62.6 Å². The smallest absolute Gasteiger partial charge is 0.327 e. The zero-order valence-corrected chi connectivity index (χ0v) is 10.6. The van der Waals surface area contributed by atoms with Crippen LogP contribution in [0, 0.1) is 0 Å². The number of methoxy groups -OCH3 is 1. The summed E-state index contributed by atoms with van der Waals surface area (Å²) in [5.74, 6) is 0.459. The van der Waals surface area contributed by atoms with E-state index in [1.807, 2.05) is 30.3 Å². The number of hydrogen-bond acceptors (Lipinski definition) is 4. The molecule has 0 saturated heterocycles. The predicted octanol–water partition coefficient (Wildman–Crippen LogP) is 0.675. The monoisotopic (exact) mass is 272 g/mol. The van der Waals surface area contributed by atoms with E-state index < -0.39 is 17.4 Å². The summed E-state index contributed by atoms with van der Waals surface area (Å²) >= 11 is 0. The van der Waals surface area contributed by atoms with Crippen LogP contribution in [0.1, 0.15) is 17.5 Å². The second-order valence-corrected chi connectivity index (χ2v) is 4.28. The van der Waals surface area contributed by atoms with Crippen molar-refractivity contribution < 1.29 is 4.74 Å². The fraction of sp³-hybridized carbons (Fsp3) is 0.154. The van der Waals surface area contributed by atoms with Crippen molar-refractivity contribution >= 4 is 11.2 Å². The fourth-order valence-electron chi connectivity index (χ4n) is 2.11. The molecule has 102 valence electrons. The van der Waals surface area contributed by atoms with Crippen molar-refractivity contribution in [2.45, 2.75) is 6.10 Å². The molecule has 7 heteroatoms. The average Bonchev–Trinajstić information content (AvgIpc) is 2.84. The maximum absolute atomic E-state index is 11.7. The van der Waals surface area contributed by atoms with Crippen LogP contribution in [-0.4, -0.2) is 27.0 Å². The van der Waals surface area contributed by atoms with E-state index >= 15 is 0 Å². The van der Waals surface area contributed by atoms with Gasteiger partial charge in [0.1, 0.15) is 17.4 Å². The molecule has 0 fully saturated rings. The largest absolute Gasteiger partial charge is 0.369 e. The first-order chi connectivity index (χ1) is 9.69. The molecule has 2 heterocycles. The number of H-pyrrole nitrogens is 3. The maximum Gasteiger partial charge on any atom is 0.327 e. The quantitative estimate of drug-likeness (QED) is 0.652. The molecule has 3 N–H and O–H groups in total. The fourth-order valence-corrected chi connectivity index (χ4v) is 2.11. The Bertz CT molecular complexity index is 847. The van der Waals surface area contributed by atoms with Crippen LogP contribution in [0.5, 0.6) is 0 Å². The van der Waals surface area contributed by atoms with E-state index in [2.05, 4.69) is 19.9 Å². The van der Waals surface area contributed by atoms with Gasteiger partial charge in [0.05, 0.1) is 0 Å². The first kappa shape index (κ1) is 12.4. The van der Waals surface area contributed by atoms with Gasteiger partial charge in [-0.3, -0.25) is 14.8 Å². The molecule has 1 unspecified atom stereocenters. The van der Waals surface area contributed by atoms with E-state index in [4.69, 9.17) is 4.74 Å². The summed E-state index contributed by atoms with van der Waals surface area (Å²) < 4.78 is 5.42. The van der Waals surface area contributed by atoms with Gasteiger partial charge >= 0.3 is 5.69 Å². The third kappa shape index (κ3) is 2.04. The summed E-state index contributed by atoms with van der Waals surface area (Å²) in [4.78, 5) is 34.6. The molecule has 0 aliphatic rings. The van der Waals surface area contributed by atoms with Crippen LogP contribution in [0.3, 0.4) is 0 Å². The molecule has 0 saturated carbocycles. The molecule has 0 aliphatic carbocycles. The van der Waals surface area contributed by atoms with Crippen LogP contribution in [0.4, 0.5) is 0 Å². The molecule has 3 rings (SSSR count). The van der Waals surface area contributed by atoms with E-state index in [0.29, 0.717) is 5.82 Å². The Morgan fingerprint density at radius 1 is 1.10 bits per heavy atom. The van der Waals surface area contributed by atoms with Gasteiger partial charge in [-0.05, 0) is 5.56 Å². The SMILES string of the molecule is COC(c1ccccc1)c1nc2[nH]c(=O)[nH]c(=O)c2[nH]1. The number of fused-ring (bicyclic) bond motifs is 1. The Morgan fingerprint density at radius 3 is 2.55 bits per heavy atom. The lowest BCUT2D eigenvalue weighted by atomic mass is 10.1. The summed E-state index contributed by atoms with van der Waals surface area (Å²) in [6.45, 7) is 0. The van der Waals surface area contributed by atoms with Gasteiger partial charge < -0.3 is 9.72 Å². The molecule has 0 spiro atoms. The van der Waals surface area contributed by atoms with Crippen molar-refractivity contribution in [1.82, 2.24) is 19.9 Å². The Labute approximate surface area is 112 Å². The highest BCUT2D eigenvalue weighted by molar-refractivity contribution is 5.68. The molecule has 20 heavy (non-hydrogen) atoms. The Morgan fingerprint density at radius 2 is 1.85 bits per heavy atom. The summed E-state index contributed by atoms with van der Waals surface area (Å²) in [7, 11) is 1.55. The second-order valence-electron chi connectivity index (χ2n) is 4.28. The minimum atomic E-state index is -0.589. The molecule has 0 aliphatic heterocycles. The second kappa shape index (κ2) is 4.78. The summed E-state index contributed by atoms with van der Waals surface area (Å²) in [6, 6.07) is 9.47. The van der Waals surface area contributed by atoms with Gasteiger partial charge in [0, 0.05) is 7.11 Å². The zero-order chi connectivity index (χ0) is 14.1. The van der Waals surface area contributed by atoms with Crippen molar-refractivity contribution in [2.24, 2.45) is 0 Å². The summed E-state index contributed by atoms with van der Waals surface area (Å²) in [5, 5.41) is 0. The molecule has 7 nitrogen and oxygen atoms in total. The number of ether oxygens (including phenoxy) is 1. The topological polar surface area (TPSA) is 104 Å². The number of nitrogens with one attached hydrogen (secondary N) is 3. The number of rotatable bonds is 3. The van der Waals surface area contributed by atoms with Crippen molar-refractivity contribution in [3.63, 3.8) is 0 Å². The molecule has 1 aromatic carbocycles. The Hall–Kier alpha value is -2.67. The van der Waals surface area contributed by atoms with Crippen molar-refractivity contribution in [2.75, 3.05) is 7.11 Å². The number of aromatic amines is 3. The molecule has 3 aromatic rings. The van der Waals surface area contributed by atoms with Crippen LogP contribution in [0.15, 0.2) is 39.9 Å². The zero-order valence-electron chi connectivity index (χ0n) is 10.6. The first-order valence-corrected chi connectivity index (χ1v) is 5.99. The lowest BCUT2D eigenvalue weighted by Gasteiger charge is -2.12. The normalized spacial score (nSPS) is 12.7. The number of aromatic nitrogens is 4. The van der Waals surface area contributed by atoms with Gasteiger partial charge in [-0.25, -0.2) is 9.78 Å². The van der Waals surface area contributed by atoms with Crippen LogP contribution < -0.4 is 11.2 Å². The number of imidazole rings is 1. The minimum absolute atomic E-state index is 0.215. The van der Waals surface area contributed by atoms with E-state index in [1.165, 1.54) is 0 Å². The van der Waals surface area contributed by atoms with Crippen molar-refractivity contribution in [3.8, 4) is 0 Å².